The molecule has 1 N–H and O–H groups in total. The second-order valence-corrected chi connectivity index (χ2v) is 7.26. The first-order valence-electron chi connectivity index (χ1n) is 10.1. The number of alkyl halides is 3. The Morgan fingerprint density at radius 3 is 2.73 bits per heavy atom. The van der Waals surface area contributed by atoms with Crippen molar-refractivity contribution in [3.63, 3.8) is 0 Å². The van der Waals surface area contributed by atoms with Gasteiger partial charge < -0.3 is 19.7 Å². The Morgan fingerprint density at radius 1 is 1.27 bits per heavy atom. The summed E-state index contributed by atoms with van der Waals surface area (Å²) in [6.07, 6.45) is -3.26. The highest BCUT2D eigenvalue weighted by Crippen LogP contribution is 2.20. The van der Waals surface area contributed by atoms with E-state index in [-0.39, 0.29) is 29.7 Å². The molecule has 1 aromatic carbocycles. The molecule has 0 saturated carbocycles. The van der Waals surface area contributed by atoms with Crippen LogP contribution >= 0.6 is 24.0 Å². The molecule has 170 valence electrons. The van der Waals surface area contributed by atoms with Gasteiger partial charge in [0.15, 0.2) is 12.6 Å². The number of ether oxygens (including phenoxy) is 2. The van der Waals surface area contributed by atoms with E-state index in [0.717, 1.165) is 63.9 Å². The lowest BCUT2D eigenvalue weighted by Gasteiger charge is -2.32. The second kappa shape index (κ2) is 11.9. The first-order valence-corrected chi connectivity index (χ1v) is 10.1. The number of nitrogens with zero attached hydrogens (tertiary/aromatic N) is 3. The van der Waals surface area contributed by atoms with Gasteiger partial charge in [0.1, 0.15) is 5.75 Å². The number of halogens is 4. The maximum atomic E-state index is 12.3. The van der Waals surface area contributed by atoms with Gasteiger partial charge in [-0.2, -0.15) is 13.2 Å². The lowest BCUT2D eigenvalue weighted by molar-refractivity contribution is -0.153. The smallest absolute Gasteiger partial charge is 0.422 e. The number of guanidine groups is 1. The fraction of sp³-hybridized carbons (Fsp3) is 0.650. The van der Waals surface area contributed by atoms with Crippen LogP contribution < -0.4 is 10.1 Å². The van der Waals surface area contributed by atoms with E-state index >= 15 is 0 Å². The van der Waals surface area contributed by atoms with Gasteiger partial charge in [-0.3, -0.25) is 4.90 Å². The molecule has 2 fully saturated rings. The average molecular weight is 542 g/mol. The predicted molar refractivity (Wildman–Crippen MR) is 121 cm³/mol. The van der Waals surface area contributed by atoms with Gasteiger partial charge in [-0.1, -0.05) is 12.1 Å². The minimum Gasteiger partial charge on any atom is -0.484 e. The first kappa shape index (κ1) is 25.0. The van der Waals surface area contributed by atoms with Gasteiger partial charge in [-0.15, -0.1) is 24.0 Å². The SMILES string of the molecule is CCNC(=NCc1cccc(OCC(F)(F)F)c1)N1CCC(N2CCOCC2)C1.I. The van der Waals surface area contributed by atoms with Crippen molar-refractivity contribution in [3.05, 3.63) is 29.8 Å². The average Bonchev–Trinajstić information content (AvgIpc) is 3.20. The van der Waals surface area contributed by atoms with E-state index in [1.54, 1.807) is 12.1 Å². The van der Waals surface area contributed by atoms with Crippen LogP contribution in [0.5, 0.6) is 5.75 Å². The van der Waals surface area contributed by atoms with Crippen molar-refractivity contribution in [2.24, 2.45) is 4.99 Å². The summed E-state index contributed by atoms with van der Waals surface area (Å²) in [5.41, 5.74) is 0.809. The summed E-state index contributed by atoms with van der Waals surface area (Å²) in [5, 5.41) is 3.33. The Balaban J connectivity index is 0.00000320. The number of nitrogens with one attached hydrogen (secondary N) is 1. The molecule has 2 aliphatic heterocycles. The fourth-order valence-electron chi connectivity index (χ4n) is 3.67. The minimum absolute atomic E-state index is 0. The summed E-state index contributed by atoms with van der Waals surface area (Å²) in [6, 6.07) is 7.17. The molecule has 0 spiro atoms. The van der Waals surface area contributed by atoms with Crippen molar-refractivity contribution in [2.75, 3.05) is 52.5 Å². The highest BCUT2D eigenvalue weighted by molar-refractivity contribution is 14.0. The minimum atomic E-state index is -4.35. The number of likely N-dealkylation sites (tertiary alicyclic amines) is 1. The van der Waals surface area contributed by atoms with E-state index in [1.807, 2.05) is 13.0 Å². The van der Waals surface area contributed by atoms with E-state index in [9.17, 15) is 13.2 Å². The molecule has 2 aliphatic rings. The van der Waals surface area contributed by atoms with Gasteiger partial charge in [-0.25, -0.2) is 4.99 Å². The van der Waals surface area contributed by atoms with Crippen LogP contribution in [0.15, 0.2) is 29.3 Å². The monoisotopic (exact) mass is 542 g/mol. The lowest BCUT2D eigenvalue weighted by atomic mass is 10.2. The van der Waals surface area contributed by atoms with Crippen LogP contribution in [0, 0.1) is 0 Å². The molecule has 6 nitrogen and oxygen atoms in total. The molecule has 1 unspecified atom stereocenters. The van der Waals surface area contributed by atoms with E-state index in [4.69, 9.17) is 14.5 Å². The second-order valence-electron chi connectivity index (χ2n) is 7.26. The third kappa shape index (κ3) is 7.77. The quantitative estimate of drug-likeness (QED) is 0.340. The first-order chi connectivity index (χ1) is 13.9. The maximum Gasteiger partial charge on any atom is 0.422 e. The number of hydrogen-bond acceptors (Lipinski definition) is 4. The fourth-order valence-corrected chi connectivity index (χ4v) is 3.67. The number of aliphatic imine (C=N–C) groups is 1. The van der Waals surface area contributed by atoms with Gasteiger partial charge in [-0.05, 0) is 31.0 Å². The zero-order chi connectivity index (χ0) is 20.7. The van der Waals surface area contributed by atoms with Crippen molar-refractivity contribution in [1.29, 1.82) is 0 Å². The predicted octanol–water partition coefficient (Wildman–Crippen LogP) is 3.12. The topological polar surface area (TPSA) is 49.3 Å². The van der Waals surface area contributed by atoms with Crippen LogP contribution in [0.3, 0.4) is 0 Å². The molecule has 1 atom stereocenters. The zero-order valence-electron chi connectivity index (χ0n) is 17.2. The molecule has 10 heteroatoms. The van der Waals surface area contributed by atoms with E-state index in [2.05, 4.69) is 15.1 Å². The van der Waals surface area contributed by atoms with Crippen LogP contribution in [0.25, 0.3) is 0 Å². The molecule has 0 amide bonds. The number of rotatable bonds is 6. The highest BCUT2D eigenvalue weighted by atomic mass is 127. The van der Waals surface area contributed by atoms with Crippen molar-refractivity contribution in [2.45, 2.75) is 32.1 Å². The standard InChI is InChI=1S/C20H29F3N4O2.HI/c1-2-24-19(27-7-6-17(14-27)26-8-10-28-11-9-26)25-13-16-4-3-5-18(12-16)29-15-20(21,22)23;/h3-5,12,17H,2,6-11,13-15H2,1H3,(H,24,25);1H. The normalized spacial score (nSPS) is 20.7. The van der Waals surface area contributed by atoms with E-state index in [0.29, 0.717) is 12.6 Å². The Kier molecular flexibility index (Phi) is 9.95. The molecular weight excluding hydrogens is 512 g/mol. The largest absolute Gasteiger partial charge is 0.484 e. The van der Waals surface area contributed by atoms with Crippen molar-refractivity contribution in [1.82, 2.24) is 15.1 Å². The lowest BCUT2D eigenvalue weighted by Crippen LogP contribution is -2.46. The Morgan fingerprint density at radius 2 is 2.03 bits per heavy atom. The summed E-state index contributed by atoms with van der Waals surface area (Å²) in [7, 11) is 0. The molecule has 0 aliphatic carbocycles. The molecule has 0 radical (unpaired) electrons. The zero-order valence-corrected chi connectivity index (χ0v) is 19.5. The summed E-state index contributed by atoms with van der Waals surface area (Å²) in [6.45, 7) is 7.23. The molecule has 3 rings (SSSR count). The van der Waals surface area contributed by atoms with Gasteiger partial charge >= 0.3 is 6.18 Å². The third-order valence-electron chi connectivity index (χ3n) is 5.07. The van der Waals surface area contributed by atoms with Gasteiger partial charge in [0.25, 0.3) is 0 Å². The van der Waals surface area contributed by atoms with E-state index in [1.165, 1.54) is 6.07 Å². The van der Waals surface area contributed by atoms with Gasteiger partial charge in [0.2, 0.25) is 0 Å². The van der Waals surface area contributed by atoms with Crippen LogP contribution in [-0.4, -0.2) is 80.5 Å². The molecule has 1 aromatic rings. The summed E-state index contributed by atoms with van der Waals surface area (Å²) in [4.78, 5) is 9.44. The van der Waals surface area contributed by atoms with Crippen LogP contribution in [0.2, 0.25) is 0 Å². The number of benzene rings is 1. The third-order valence-corrected chi connectivity index (χ3v) is 5.07. The van der Waals surface area contributed by atoms with Crippen molar-refractivity contribution < 1.29 is 22.6 Å². The van der Waals surface area contributed by atoms with Crippen LogP contribution in [0.4, 0.5) is 13.2 Å². The molecule has 0 aromatic heterocycles. The summed E-state index contributed by atoms with van der Waals surface area (Å²) < 4.78 is 47.3. The van der Waals surface area contributed by atoms with Gasteiger partial charge in [0.05, 0.1) is 19.8 Å². The number of morpholine rings is 1. The molecule has 0 bridgehead atoms. The van der Waals surface area contributed by atoms with Crippen molar-refractivity contribution in [3.8, 4) is 5.75 Å². The van der Waals surface area contributed by atoms with Crippen molar-refractivity contribution >= 4 is 29.9 Å². The van der Waals surface area contributed by atoms with Gasteiger partial charge in [0, 0.05) is 38.8 Å². The summed E-state index contributed by atoms with van der Waals surface area (Å²) in [5.74, 6) is 1.04. The molecule has 2 heterocycles. The Bertz CT molecular complexity index is 684. The summed E-state index contributed by atoms with van der Waals surface area (Å²) >= 11 is 0. The molecule has 30 heavy (non-hydrogen) atoms. The Hall–Kier alpha value is -1.27. The number of hydrogen-bond donors (Lipinski definition) is 1. The highest BCUT2D eigenvalue weighted by Gasteiger charge is 2.30. The Labute approximate surface area is 192 Å². The van der Waals surface area contributed by atoms with Crippen LogP contribution in [-0.2, 0) is 11.3 Å². The molecular formula is C20H30F3IN4O2. The maximum absolute atomic E-state index is 12.3. The molecule has 2 saturated heterocycles. The van der Waals surface area contributed by atoms with Crippen LogP contribution in [0.1, 0.15) is 18.9 Å². The van der Waals surface area contributed by atoms with E-state index < -0.39 is 12.8 Å².